The van der Waals surface area contributed by atoms with Crippen molar-refractivity contribution >= 4 is 11.3 Å². The van der Waals surface area contributed by atoms with Gasteiger partial charge in [0.25, 0.3) is 0 Å². The lowest BCUT2D eigenvalue weighted by Gasteiger charge is -2.40. The number of aryl methyl sites for hydroxylation is 1. The minimum atomic E-state index is 0.706. The maximum atomic E-state index is 4.46. The first-order valence-electron chi connectivity index (χ1n) is 5.64. The van der Waals surface area contributed by atoms with E-state index in [1.54, 1.807) is 11.3 Å². The molecule has 3 heteroatoms. The van der Waals surface area contributed by atoms with Crippen molar-refractivity contribution in [3.05, 3.63) is 28.2 Å². The largest absolute Gasteiger partial charge is 0.307 e. The molecule has 2 aliphatic carbocycles. The molecular weight excluding hydrogens is 204 g/mol. The van der Waals surface area contributed by atoms with Crippen LogP contribution in [0.4, 0.5) is 0 Å². The van der Waals surface area contributed by atoms with E-state index in [1.165, 1.54) is 17.8 Å². The highest BCUT2D eigenvalue weighted by molar-refractivity contribution is 7.09. The summed E-state index contributed by atoms with van der Waals surface area (Å²) in [5.74, 6) is 1.76. The second-order valence-electron chi connectivity index (χ2n) is 4.61. The van der Waals surface area contributed by atoms with Crippen LogP contribution in [-0.4, -0.2) is 11.0 Å². The Morgan fingerprint density at radius 1 is 1.60 bits per heavy atom. The van der Waals surface area contributed by atoms with E-state index in [2.05, 4.69) is 34.8 Å². The van der Waals surface area contributed by atoms with E-state index in [4.69, 9.17) is 0 Å². The fraction of sp³-hybridized carbons (Fsp3) is 0.583. The molecule has 3 unspecified atom stereocenters. The fourth-order valence-corrected chi connectivity index (χ4v) is 3.37. The molecule has 1 aromatic heterocycles. The number of fused-ring (bicyclic) bond motifs is 1. The molecule has 1 saturated carbocycles. The summed E-state index contributed by atoms with van der Waals surface area (Å²) in [6.07, 6.45) is 7.38. The molecule has 1 aromatic rings. The highest BCUT2D eigenvalue weighted by atomic mass is 32.1. The Bertz CT molecular complexity index is 383. The molecule has 80 valence electrons. The van der Waals surface area contributed by atoms with E-state index >= 15 is 0 Å². The summed E-state index contributed by atoms with van der Waals surface area (Å²) in [4.78, 5) is 4.46. The van der Waals surface area contributed by atoms with Crippen LogP contribution in [0.1, 0.15) is 23.5 Å². The molecule has 1 fully saturated rings. The van der Waals surface area contributed by atoms with Crippen LogP contribution in [0.25, 0.3) is 0 Å². The molecule has 0 aromatic carbocycles. The monoisotopic (exact) mass is 220 g/mol. The molecule has 2 nitrogen and oxygen atoms in total. The van der Waals surface area contributed by atoms with Gasteiger partial charge in [-0.15, -0.1) is 11.3 Å². The summed E-state index contributed by atoms with van der Waals surface area (Å²) < 4.78 is 0. The summed E-state index contributed by atoms with van der Waals surface area (Å²) in [5.41, 5.74) is 1.14. The highest BCUT2D eigenvalue weighted by Crippen LogP contribution is 2.42. The third-order valence-corrected chi connectivity index (χ3v) is 4.51. The van der Waals surface area contributed by atoms with Gasteiger partial charge in [-0.05, 0) is 31.6 Å². The normalized spacial score (nSPS) is 32.7. The Balaban J connectivity index is 1.53. The van der Waals surface area contributed by atoms with Crippen molar-refractivity contribution in [3.63, 3.8) is 0 Å². The summed E-state index contributed by atoms with van der Waals surface area (Å²) in [6.45, 7) is 3.00. The number of nitrogens with zero attached hydrogens (tertiary/aromatic N) is 1. The van der Waals surface area contributed by atoms with Crippen LogP contribution in [0.2, 0.25) is 0 Å². The Morgan fingerprint density at radius 3 is 3.27 bits per heavy atom. The topological polar surface area (TPSA) is 24.9 Å². The van der Waals surface area contributed by atoms with Gasteiger partial charge in [0.1, 0.15) is 5.01 Å². The zero-order chi connectivity index (χ0) is 10.3. The molecule has 1 N–H and O–H groups in total. The second kappa shape index (κ2) is 3.72. The molecule has 0 amide bonds. The number of hydrogen-bond donors (Lipinski definition) is 1. The number of allylic oxidation sites excluding steroid dienone is 1. The Kier molecular flexibility index (Phi) is 2.37. The van der Waals surface area contributed by atoms with Crippen molar-refractivity contribution in [2.75, 3.05) is 0 Å². The number of rotatable bonds is 3. The van der Waals surface area contributed by atoms with Crippen molar-refractivity contribution in [3.8, 4) is 0 Å². The van der Waals surface area contributed by atoms with E-state index in [0.29, 0.717) is 6.04 Å². The molecule has 15 heavy (non-hydrogen) atoms. The highest BCUT2D eigenvalue weighted by Gasteiger charge is 2.40. The average Bonchev–Trinajstić information content (AvgIpc) is 2.75. The molecule has 1 heterocycles. The maximum absolute atomic E-state index is 4.46. The van der Waals surface area contributed by atoms with Gasteiger partial charge in [0.15, 0.2) is 0 Å². The summed E-state index contributed by atoms with van der Waals surface area (Å²) >= 11 is 1.76. The Morgan fingerprint density at radius 2 is 2.53 bits per heavy atom. The zero-order valence-electron chi connectivity index (χ0n) is 8.94. The molecule has 0 bridgehead atoms. The van der Waals surface area contributed by atoms with Gasteiger partial charge in [-0.2, -0.15) is 0 Å². The lowest BCUT2D eigenvalue weighted by atomic mass is 9.71. The Labute approximate surface area is 94.4 Å². The lowest BCUT2D eigenvalue weighted by molar-refractivity contribution is 0.162. The molecule has 3 rings (SSSR count). The maximum Gasteiger partial charge on any atom is 0.107 e. The molecule has 0 radical (unpaired) electrons. The standard InChI is InChI=1S/C12H16N2S/c1-8-7-15-12(14-8)6-13-11-5-9-3-2-4-10(9)11/h2,4,7,9-11,13H,3,5-6H2,1H3. The minimum absolute atomic E-state index is 0.706. The van der Waals surface area contributed by atoms with E-state index < -0.39 is 0 Å². The van der Waals surface area contributed by atoms with Crippen LogP contribution in [0.15, 0.2) is 17.5 Å². The van der Waals surface area contributed by atoms with Gasteiger partial charge in [-0.3, -0.25) is 0 Å². The van der Waals surface area contributed by atoms with Gasteiger partial charge < -0.3 is 5.32 Å². The average molecular weight is 220 g/mol. The zero-order valence-corrected chi connectivity index (χ0v) is 9.76. The molecule has 0 saturated heterocycles. The van der Waals surface area contributed by atoms with Crippen molar-refractivity contribution < 1.29 is 0 Å². The number of aromatic nitrogens is 1. The van der Waals surface area contributed by atoms with Crippen molar-refractivity contribution in [2.24, 2.45) is 11.8 Å². The lowest BCUT2D eigenvalue weighted by Crippen LogP contribution is -2.47. The first-order valence-corrected chi connectivity index (χ1v) is 6.52. The van der Waals surface area contributed by atoms with Gasteiger partial charge in [0.2, 0.25) is 0 Å². The quantitative estimate of drug-likeness (QED) is 0.792. The fourth-order valence-electron chi connectivity index (χ4n) is 2.65. The van der Waals surface area contributed by atoms with Crippen molar-refractivity contribution in [1.82, 2.24) is 10.3 Å². The number of nitrogens with one attached hydrogen (secondary N) is 1. The van der Waals surface area contributed by atoms with Gasteiger partial charge in [-0.25, -0.2) is 4.98 Å². The van der Waals surface area contributed by atoms with Crippen molar-refractivity contribution in [2.45, 2.75) is 32.4 Å². The summed E-state index contributed by atoms with van der Waals surface area (Å²) in [6, 6.07) is 0.706. The first kappa shape index (κ1) is 9.55. The SMILES string of the molecule is Cc1csc(CNC2CC3CC=CC32)n1. The predicted molar refractivity (Wildman–Crippen MR) is 62.8 cm³/mol. The van der Waals surface area contributed by atoms with Crippen molar-refractivity contribution in [1.29, 1.82) is 0 Å². The number of thiazole rings is 1. The van der Waals surface area contributed by atoms with Gasteiger partial charge >= 0.3 is 0 Å². The van der Waals surface area contributed by atoms with E-state index in [1.807, 2.05) is 0 Å². The molecular formula is C12H16N2S. The molecule has 0 aliphatic heterocycles. The van der Waals surface area contributed by atoms with Gasteiger partial charge in [0.05, 0.1) is 0 Å². The second-order valence-corrected chi connectivity index (χ2v) is 5.55. The van der Waals surface area contributed by atoms with Gasteiger partial charge in [-0.1, -0.05) is 12.2 Å². The van der Waals surface area contributed by atoms with E-state index in [-0.39, 0.29) is 0 Å². The van der Waals surface area contributed by atoms with Crippen LogP contribution in [0, 0.1) is 18.8 Å². The van der Waals surface area contributed by atoms with Crippen LogP contribution in [0.3, 0.4) is 0 Å². The smallest absolute Gasteiger partial charge is 0.107 e. The molecule has 2 aliphatic rings. The number of hydrogen-bond acceptors (Lipinski definition) is 3. The van der Waals surface area contributed by atoms with Crippen LogP contribution in [0.5, 0.6) is 0 Å². The first-order chi connectivity index (χ1) is 7.33. The van der Waals surface area contributed by atoms with Crippen LogP contribution in [-0.2, 0) is 6.54 Å². The van der Waals surface area contributed by atoms with Crippen LogP contribution >= 0.6 is 11.3 Å². The molecule has 3 atom stereocenters. The van der Waals surface area contributed by atoms with Gasteiger partial charge in [0, 0.05) is 23.7 Å². The minimum Gasteiger partial charge on any atom is -0.307 e. The van der Waals surface area contributed by atoms with E-state index in [0.717, 1.165) is 24.1 Å². The summed E-state index contributed by atoms with van der Waals surface area (Å²) in [5, 5.41) is 6.96. The molecule has 0 spiro atoms. The Hall–Kier alpha value is -0.670. The third kappa shape index (κ3) is 1.74. The summed E-state index contributed by atoms with van der Waals surface area (Å²) in [7, 11) is 0. The van der Waals surface area contributed by atoms with Crippen LogP contribution < -0.4 is 5.32 Å². The van der Waals surface area contributed by atoms with E-state index in [9.17, 15) is 0 Å². The third-order valence-electron chi connectivity index (χ3n) is 3.54. The predicted octanol–water partition coefficient (Wildman–Crippen LogP) is 2.51.